The number of H-pyrrole nitrogens is 1. The van der Waals surface area contributed by atoms with Gasteiger partial charge in [0.25, 0.3) is 5.56 Å². The van der Waals surface area contributed by atoms with E-state index in [0.717, 1.165) is 17.3 Å². The lowest BCUT2D eigenvalue weighted by Crippen LogP contribution is -2.26. The van der Waals surface area contributed by atoms with E-state index < -0.39 is 11.5 Å². The number of hydrogen-bond donors (Lipinski definition) is 2. The smallest absolute Gasteiger partial charge is 0.342 e. The summed E-state index contributed by atoms with van der Waals surface area (Å²) in [4.78, 5) is 25.8. The van der Waals surface area contributed by atoms with E-state index in [9.17, 15) is 9.59 Å². The minimum Gasteiger partial charge on any atom is -0.477 e. The van der Waals surface area contributed by atoms with Gasteiger partial charge in [-0.25, -0.2) is 4.79 Å². The van der Waals surface area contributed by atoms with Gasteiger partial charge in [-0.1, -0.05) is 6.07 Å². The molecule has 0 fully saturated rings. The third-order valence-electron chi connectivity index (χ3n) is 2.67. The molecular weight excluding hydrogens is 264 g/mol. The molecule has 2 N–H and O–H groups in total. The molecule has 2 aromatic rings. The van der Waals surface area contributed by atoms with Gasteiger partial charge >= 0.3 is 5.97 Å². The number of carboxylic acids is 1. The lowest BCUT2D eigenvalue weighted by Gasteiger charge is -2.09. The van der Waals surface area contributed by atoms with Crippen molar-refractivity contribution >= 4 is 18.2 Å². The van der Waals surface area contributed by atoms with Crippen molar-refractivity contribution in [3.8, 4) is 5.69 Å². The fraction of sp³-hybridized carbons (Fsp3) is 0.154. The van der Waals surface area contributed by atoms with Crippen LogP contribution in [0.5, 0.6) is 0 Å². The number of aromatic nitrogens is 2. The highest BCUT2D eigenvalue weighted by Gasteiger charge is 2.13. The molecule has 98 valence electrons. The summed E-state index contributed by atoms with van der Waals surface area (Å²) in [5.74, 6) is -1.28. The lowest BCUT2D eigenvalue weighted by atomic mass is 10.1. The van der Waals surface area contributed by atoms with Gasteiger partial charge in [0.05, 0.1) is 5.69 Å². The van der Waals surface area contributed by atoms with Gasteiger partial charge < -0.3 is 10.1 Å². The van der Waals surface area contributed by atoms with E-state index in [4.69, 9.17) is 17.3 Å². The van der Waals surface area contributed by atoms with E-state index in [0.29, 0.717) is 5.69 Å². The Hall–Kier alpha value is -2.21. The maximum absolute atomic E-state index is 12.1. The van der Waals surface area contributed by atoms with Crippen molar-refractivity contribution in [1.82, 2.24) is 9.55 Å². The second-order valence-corrected chi connectivity index (χ2v) is 4.69. The Kier molecular flexibility index (Phi) is 3.35. The number of nitrogens with zero attached hydrogens (tertiary/aromatic N) is 1. The van der Waals surface area contributed by atoms with Crippen LogP contribution in [-0.2, 0) is 0 Å². The molecule has 0 saturated carbocycles. The van der Waals surface area contributed by atoms with Crippen LogP contribution in [0, 0.1) is 18.6 Å². The third-order valence-corrected chi connectivity index (χ3v) is 2.97. The summed E-state index contributed by atoms with van der Waals surface area (Å²) in [6.07, 6.45) is 1.12. The summed E-state index contributed by atoms with van der Waals surface area (Å²) in [7, 11) is 0. The molecule has 1 heterocycles. The Bertz CT molecular complexity index is 754. The predicted molar refractivity (Wildman–Crippen MR) is 73.7 cm³/mol. The summed E-state index contributed by atoms with van der Waals surface area (Å²) in [6, 6.07) is 5.52. The molecule has 0 radical (unpaired) electrons. The Labute approximate surface area is 114 Å². The van der Waals surface area contributed by atoms with Gasteiger partial charge in [0, 0.05) is 6.20 Å². The van der Waals surface area contributed by atoms with Gasteiger partial charge in [-0.15, -0.1) is 0 Å². The van der Waals surface area contributed by atoms with Crippen molar-refractivity contribution in [1.29, 1.82) is 0 Å². The molecule has 6 heteroatoms. The number of aryl methyl sites for hydroxylation is 2. The number of aromatic carboxylic acids is 1. The summed E-state index contributed by atoms with van der Waals surface area (Å²) >= 11 is 5.07. The quantitative estimate of drug-likeness (QED) is 0.825. The molecule has 19 heavy (non-hydrogen) atoms. The summed E-state index contributed by atoms with van der Waals surface area (Å²) in [5.41, 5.74) is 1.52. The highest BCUT2D eigenvalue weighted by atomic mass is 32.1. The lowest BCUT2D eigenvalue weighted by molar-refractivity contribution is 0.0694. The molecule has 0 bridgehead atoms. The minimum atomic E-state index is -1.28. The van der Waals surface area contributed by atoms with Crippen molar-refractivity contribution in [2.24, 2.45) is 0 Å². The summed E-state index contributed by atoms with van der Waals surface area (Å²) < 4.78 is 1.36. The van der Waals surface area contributed by atoms with Crippen molar-refractivity contribution < 1.29 is 9.90 Å². The molecule has 0 amide bonds. The molecule has 5 nitrogen and oxygen atoms in total. The molecule has 2 rings (SSSR count). The number of rotatable bonds is 2. The molecule has 0 unspecified atom stereocenters. The zero-order chi connectivity index (χ0) is 14.2. The van der Waals surface area contributed by atoms with Crippen LogP contribution in [0.25, 0.3) is 5.69 Å². The maximum Gasteiger partial charge on any atom is 0.342 e. The van der Waals surface area contributed by atoms with Crippen LogP contribution in [0.4, 0.5) is 0 Å². The van der Waals surface area contributed by atoms with Gasteiger partial charge in [0.2, 0.25) is 0 Å². The number of hydrogen-bond acceptors (Lipinski definition) is 3. The van der Waals surface area contributed by atoms with E-state index in [-0.39, 0.29) is 10.3 Å². The monoisotopic (exact) mass is 276 g/mol. The zero-order valence-corrected chi connectivity index (χ0v) is 11.2. The second kappa shape index (κ2) is 4.81. The van der Waals surface area contributed by atoms with E-state index in [1.54, 1.807) is 12.1 Å². The van der Waals surface area contributed by atoms with Crippen LogP contribution < -0.4 is 5.56 Å². The Morgan fingerprint density at radius 2 is 1.84 bits per heavy atom. The van der Waals surface area contributed by atoms with Crippen molar-refractivity contribution in [2.75, 3.05) is 0 Å². The van der Waals surface area contributed by atoms with E-state index >= 15 is 0 Å². The maximum atomic E-state index is 12.1. The van der Waals surface area contributed by atoms with Crippen LogP contribution in [-0.4, -0.2) is 20.6 Å². The molecule has 0 aliphatic heterocycles. The van der Waals surface area contributed by atoms with Gasteiger partial charge in [0.1, 0.15) is 5.56 Å². The first-order chi connectivity index (χ1) is 8.90. The second-order valence-electron chi connectivity index (χ2n) is 4.30. The van der Waals surface area contributed by atoms with Crippen LogP contribution in [0.2, 0.25) is 0 Å². The van der Waals surface area contributed by atoms with E-state index in [1.165, 1.54) is 4.57 Å². The third kappa shape index (κ3) is 2.48. The van der Waals surface area contributed by atoms with E-state index in [1.807, 2.05) is 19.9 Å². The molecular formula is C13H12N2O3S. The number of nitrogens with one attached hydrogen (secondary N) is 1. The largest absolute Gasteiger partial charge is 0.477 e. The van der Waals surface area contributed by atoms with Crippen molar-refractivity contribution in [2.45, 2.75) is 13.8 Å². The van der Waals surface area contributed by atoms with Gasteiger partial charge in [-0.05, 0) is 49.3 Å². The normalized spacial score (nSPS) is 10.4. The number of carboxylic acid groups (broad SMARTS) is 1. The zero-order valence-electron chi connectivity index (χ0n) is 10.4. The SMILES string of the molecule is Cc1cc(C)cc(-n2c(=S)[nH]cc(C(=O)O)c2=O)c1. The van der Waals surface area contributed by atoms with Crippen LogP contribution >= 0.6 is 12.2 Å². The first-order valence-corrected chi connectivity index (χ1v) is 5.97. The van der Waals surface area contributed by atoms with Gasteiger partial charge in [0.15, 0.2) is 4.77 Å². The molecule has 0 atom stereocenters. The fourth-order valence-electron chi connectivity index (χ4n) is 1.94. The summed E-state index contributed by atoms with van der Waals surface area (Å²) in [6.45, 7) is 3.80. The number of benzene rings is 1. The van der Waals surface area contributed by atoms with E-state index in [2.05, 4.69) is 4.98 Å². The first-order valence-electron chi connectivity index (χ1n) is 5.57. The fourth-order valence-corrected chi connectivity index (χ4v) is 2.19. The molecule has 1 aromatic heterocycles. The highest BCUT2D eigenvalue weighted by molar-refractivity contribution is 7.71. The van der Waals surface area contributed by atoms with Gasteiger partial charge in [-0.2, -0.15) is 0 Å². The standard InChI is InChI=1S/C13H12N2O3S/c1-7-3-8(2)5-9(4-7)15-11(16)10(12(17)18)6-14-13(15)19/h3-6H,1-2H3,(H,14,19)(H,17,18). The van der Waals surface area contributed by atoms with Crippen LogP contribution in [0.1, 0.15) is 21.5 Å². The predicted octanol–water partition coefficient (Wildman–Crippen LogP) is 2.21. The Morgan fingerprint density at radius 1 is 1.26 bits per heavy atom. The number of carbonyl (C=O) groups is 1. The molecule has 0 aliphatic rings. The molecule has 0 spiro atoms. The van der Waals surface area contributed by atoms with Crippen molar-refractivity contribution in [3.05, 3.63) is 56.2 Å². The molecule has 0 saturated heterocycles. The topological polar surface area (TPSA) is 75.1 Å². The molecule has 1 aromatic carbocycles. The van der Waals surface area contributed by atoms with Crippen LogP contribution in [0.15, 0.2) is 29.2 Å². The van der Waals surface area contributed by atoms with Gasteiger partial charge in [-0.3, -0.25) is 9.36 Å². The number of aromatic amines is 1. The Morgan fingerprint density at radius 3 is 2.37 bits per heavy atom. The minimum absolute atomic E-state index is 0.167. The molecule has 0 aliphatic carbocycles. The average Bonchev–Trinajstić information content (AvgIpc) is 2.26. The van der Waals surface area contributed by atoms with Crippen LogP contribution in [0.3, 0.4) is 0 Å². The average molecular weight is 276 g/mol. The first kappa shape index (κ1) is 13.2. The summed E-state index contributed by atoms with van der Waals surface area (Å²) in [5, 5.41) is 8.97. The highest BCUT2D eigenvalue weighted by Crippen LogP contribution is 2.12. The Balaban J connectivity index is 2.82. The van der Waals surface area contributed by atoms with Crippen molar-refractivity contribution in [3.63, 3.8) is 0 Å².